The molecule has 1 N–H and O–H groups in total. The van der Waals surface area contributed by atoms with E-state index < -0.39 is 0 Å². The summed E-state index contributed by atoms with van der Waals surface area (Å²) >= 11 is 0. The Morgan fingerprint density at radius 1 is 1.29 bits per heavy atom. The van der Waals surface area contributed by atoms with Crippen LogP contribution in [0.5, 0.6) is 0 Å². The highest BCUT2D eigenvalue weighted by molar-refractivity contribution is 5.88. The number of para-hydroxylation sites is 1. The van der Waals surface area contributed by atoms with Gasteiger partial charge in [-0.25, -0.2) is 9.97 Å². The lowest BCUT2D eigenvalue weighted by molar-refractivity contribution is 0.0897. The summed E-state index contributed by atoms with van der Waals surface area (Å²) in [5.74, 6) is 1.48. The van der Waals surface area contributed by atoms with E-state index in [0.29, 0.717) is 5.92 Å². The van der Waals surface area contributed by atoms with Crippen LogP contribution < -0.4 is 5.32 Å². The van der Waals surface area contributed by atoms with Gasteiger partial charge in [-0.05, 0) is 25.0 Å². The van der Waals surface area contributed by atoms with Gasteiger partial charge < -0.3 is 14.8 Å². The molecule has 1 aromatic heterocycles. The highest BCUT2D eigenvalue weighted by Gasteiger charge is 2.15. The van der Waals surface area contributed by atoms with Crippen molar-refractivity contribution in [3.8, 4) is 0 Å². The van der Waals surface area contributed by atoms with Gasteiger partial charge in [0.25, 0.3) is 0 Å². The predicted octanol–water partition coefficient (Wildman–Crippen LogP) is 2.48. The highest BCUT2D eigenvalue weighted by atomic mass is 16.5. The molecule has 5 heteroatoms. The van der Waals surface area contributed by atoms with Crippen molar-refractivity contribution in [2.45, 2.75) is 12.8 Å². The fourth-order valence-corrected chi connectivity index (χ4v) is 2.49. The van der Waals surface area contributed by atoms with Gasteiger partial charge >= 0.3 is 0 Å². The Morgan fingerprint density at radius 2 is 2.24 bits per heavy atom. The van der Waals surface area contributed by atoms with Gasteiger partial charge in [0, 0.05) is 31.1 Å². The van der Waals surface area contributed by atoms with Gasteiger partial charge in [-0.15, -0.1) is 0 Å². The minimum atomic E-state index is 0.587. The first-order valence-electron chi connectivity index (χ1n) is 7.52. The highest BCUT2D eigenvalue weighted by Crippen LogP contribution is 2.18. The van der Waals surface area contributed by atoms with Gasteiger partial charge in [0.1, 0.15) is 12.1 Å². The number of fused-ring (bicyclic) bond motifs is 1. The minimum Gasteiger partial charge on any atom is -0.381 e. The smallest absolute Gasteiger partial charge is 0.137 e. The van der Waals surface area contributed by atoms with E-state index in [-0.39, 0.29) is 0 Å². The molecule has 0 saturated carbocycles. The zero-order chi connectivity index (χ0) is 14.3. The molecule has 0 radical (unpaired) electrons. The minimum absolute atomic E-state index is 0.587. The van der Waals surface area contributed by atoms with E-state index in [1.165, 1.54) is 0 Å². The van der Waals surface area contributed by atoms with E-state index in [1.54, 1.807) is 6.33 Å². The molecule has 2 heterocycles. The predicted molar refractivity (Wildman–Crippen MR) is 82.4 cm³/mol. The molecule has 0 spiro atoms. The van der Waals surface area contributed by atoms with Crippen molar-refractivity contribution in [2.24, 2.45) is 5.92 Å². The first kappa shape index (κ1) is 14.2. The van der Waals surface area contributed by atoms with Gasteiger partial charge in [-0.3, -0.25) is 0 Å². The monoisotopic (exact) mass is 287 g/mol. The van der Waals surface area contributed by atoms with Crippen LogP contribution in [0.15, 0.2) is 30.6 Å². The quantitative estimate of drug-likeness (QED) is 0.793. The largest absolute Gasteiger partial charge is 0.381 e. The molecule has 1 aliphatic rings. The summed E-state index contributed by atoms with van der Waals surface area (Å²) in [4.78, 5) is 8.56. The number of rotatable bonds is 7. The third kappa shape index (κ3) is 3.89. The molecule has 21 heavy (non-hydrogen) atoms. The molecule has 1 unspecified atom stereocenters. The maximum absolute atomic E-state index is 5.69. The van der Waals surface area contributed by atoms with E-state index in [2.05, 4.69) is 15.3 Å². The van der Waals surface area contributed by atoms with E-state index >= 15 is 0 Å². The van der Waals surface area contributed by atoms with E-state index in [9.17, 15) is 0 Å². The van der Waals surface area contributed by atoms with Gasteiger partial charge in [0.05, 0.1) is 18.7 Å². The zero-order valence-corrected chi connectivity index (χ0v) is 12.1. The fraction of sp³-hybridized carbons (Fsp3) is 0.500. The van der Waals surface area contributed by atoms with Crippen LogP contribution in [0, 0.1) is 5.92 Å². The van der Waals surface area contributed by atoms with Gasteiger partial charge in [0.2, 0.25) is 0 Å². The van der Waals surface area contributed by atoms with Crippen LogP contribution in [-0.2, 0) is 9.47 Å². The van der Waals surface area contributed by atoms with Gasteiger partial charge in [-0.1, -0.05) is 12.1 Å². The normalized spacial score (nSPS) is 18.2. The lowest BCUT2D eigenvalue weighted by Gasteiger charge is -2.10. The van der Waals surface area contributed by atoms with Gasteiger partial charge in [0.15, 0.2) is 0 Å². The van der Waals surface area contributed by atoms with Crippen molar-refractivity contribution in [1.29, 1.82) is 0 Å². The second kappa shape index (κ2) is 7.33. The summed E-state index contributed by atoms with van der Waals surface area (Å²) in [5.41, 5.74) is 0.965. The van der Waals surface area contributed by atoms with E-state index in [1.807, 2.05) is 24.3 Å². The molecule has 1 aromatic carbocycles. The Morgan fingerprint density at radius 3 is 3.14 bits per heavy atom. The standard InChI is InChI=1S/C16H21N3O2/c1-2-5-15-14(4-1)16(19-12-18-15)17-7-3-8-20-10-13-6-9-21-11-13/h1-2,4-5,12-13H,3,6-11H2,(H,17,18,19). The van der Waals surface area contributed by atoms with Crippen molar-refractivity contribution in [3.63, 3.8) is 0 Å². The number of aromatic nitrogens is 2. The van der Waals surface area contributed by atoms with E-state index in [0.717, 1.165) is 62.5 Å². The maximum atomic E-state index is 5.69. The number of anilines is 1. The topological polar surface area (TPSA) is 56.3 Å². The Kier molecular flexibility index (Phi) is 4.97. The van der Waals surface area contributed by atoms with Crippen LogP contribution in [0.3, 0.4) is 0 Å². The summed E-state index contributed by atoms with van der Waals surface area (Å²) in [6, 6.07) is 8.02. The van der Waals surface area contributed by atoms with Crippen LogP contribution in [0.2, 0.25) is 0 Å². The number of nitrogens with zero attached hydrogens (tertiary/aromatic N) is 2. The fourth-order valence-electron chi connectivity index (χ4n) is 2.49. The summed E-state index contributed by atoms with van der Waals surface area (Å²) in [5, 5.41) is 4.42. The Hall–Kier alpha value is -1.72. The van der Waals surface area contributed by atoms with Crippen LogP contribution in [-0.4, -0.2) is 42.9 Å². The first-order valence-corrected chi connectivity index (χ1v) is 7.52. The number of hydrogen-bond donors (Lipinski definition) is 1. The molecule has 3 rings (SSSR count). The summed E-state index contributed by atoms with van der Waals surface area (Å²) in [7, 11) is 0. The Balaban J connectivity index is 1.40. The van der Waals surface area contributed by atoms with Crippen LogP contribution in [0.4, 0.5) is 5.82 Å². The number of ether oxygens (including phenoxy) is 2. The first-order chi connectivity index (χ1) is 10.4. The molecule has 2 aromatic rings. The third-order valence-corrected chi connectivity index (χ3v) is 3.68. The molecule has 0 bridgehead atoms. The van der Waals surface area contributed by atoms with Crippen molar-refractivity contribution < 1.29 is 9.47 Å². The maximum Gasteiger partial charge on any atom is 0.137 e. The van der Waals surface area contributed by atoms with Crippen LogP contribution >= 0.6 is 0 Å². The zero-order valence-electron chi connectivity index (χ0n) is 12.1. The molecule has 112 valence electrons. The molecular weight excluding hydrogens is 266 g/mol. The van der Waals surface area contributed by atoms with E-state index in [4.69, 9.17) is 9.47 Å². The molecular formula is C16H21N3O2. The second-order valence-corrected chi connectivity index (χ2v) is 5.32. The molecule has 1 aliphatic heterocycles. The van der Waals surface area contributed by atoms with Crippen molar-refractivity contribution in [2.75, 3.05) is 38.3 Å². The molecule has 5 nitrogen and oxygen atoms in total. The lowest BCUT2D eigenvalue weighted by Crippen LogP contribution is -2.12. The Labute approximate surface area is 124 Å². The average Bonchev–Trinajstić information content (AvgIpc) is 3.04. The second-order valence-electron chi connectivity index (χ2n) is 5.32. The number of benzene rings is 1. The Bertz CT molecular complexity index is 565. The molecule has 0 amide bonds. The molecule has 1 atom stereocenters. The molecule has 1 saturated heterocycles. The lowest BCUT2D eigenvalue weighted by atomic mass is 10.1. The summed E-state index contributed by atoms with van der Waals surface area (Å²) in [6.45, 7) is 4.17. The van der Waals surface area contributed by atoms with Crippen LogP contribution in [0.25, 0.3) is 10.9 Å². The summed E-state index contributed by atoms with van der Waals surface area (Å²) in [6.07, 6.45) is 3.69. The van der Waals surface area contributed by atoms with Gasteiger partial charge in [-0.2, -0.15) is 0 Å². The number of hydrogen-bond acceptors (Lipinski definition) is 5. The summed E-state index contributed by atoms with van der Waals surface area (Å²) < 4.78 is 11.0. The van der Waals surface area contributed by atoms with Crippen LogP contribution in [0.1, 0.15) is 12.8 Å². The SMILES string of the molecule is c1ccc2c(NCCCOCC3CCOC3)ncnc2c1. The third-order valence-electron chi connectivity index (χ3n) is 3.68. The van der Waals surface area contributed by atoms with Crippen molar-refractivity contribution in [1.82, 2.24) is 9.97 Å². The average molecular weight is 287 g/mol. The van der Waals surface area contributed by atoms with Crippen molar-refractivity contribution >= 4 is 16.7 Å². The number of nitrogens with one attached hydrogen (secondary N) is 1. The van der Waals surface area contributed by atoms with Crippen molar-refractivity contribution in [3.05, 3.63) is 30.6 Å². The molecule has 1 fully saturated rings. The molecule has 0 aliphatic carbocycles.